The van der Waals surface area contributed by atoms with Gasteiger partial charge in [0.1, 0.15) is 11.7 Å². The maximum Gasteiger partial charge on any atom is 0.319 e. The van der Waals surface area contributed by atoms with Gasteiger partial charge in [-0.2, -0.15) is 5.26 Å². The van der Waals surface area contributed by atoms with Gasteiger partial charge in [0.05, 0.1) is 29.0 Å². The summed E-state index contributed by atoms with van der Waals surface area (Å²) in [7, 11) is 0. The second kappa shape index (κ2) is 11.0. The lowest BCUT2D eigenvalue weighted by molar-refractivity contribution is -0.152. The second-order valence-corrected chi connectivity index (χ2v) is 8.66. The SMILES string of the molecule is CCOC(=O)[C@H]1C(=O)NC(SCC(=O)Nc2c(C)cccc2C)=C(C#N)[C@H]1c1ccccc1F. The average Bonchev–Trinajstić information content (AvgIpc) is 2.80. The number of nitrogens with one attached hydrogen (secondary N) is 2. The lowest BCUT2D eigenvalue weighted by Crippen LogP contribution is -2.44. The van der Waals surface area contributed by atoms with Crippen LogP contribution in [-0.4, -0.2) is 30.1 Å². The number of benzene rings is 2. The number of rotatable bonds is 7. The minimum Gasteiger partial charge on any atom is -0.465 e. The molecule has 0 bridgehead atoms. The first-order valence-corrected chi connectivity index (χ1v) is 11.6. The Morgan fingerprint density at radius 1 is 1.18 bits per heavy atom. The number of nitriles is 1. The normalized spacial score (nSPS) is 17.6. The highest BCUT2D eigenvalue weighted by Gasteiger charge is 2.45. The molecule has 9 heteroatoms. The standard InChI is InChI=1S/C25H24FN3O4S/c1-4-33-25(32)21-20(16-10-5-6-11-18(16)26)17(12-27)24(29-23(21)31)34-13-19(30)28-22-14(2)8-7-9-15(22)3/h5-11,20-21H,4,13H2,1-3H3,(H,28,30)(H,29,31)/t20-,21-/m1/s1. The van der Waals surface area contributed by atoms with Crippen LogP contribution in [0, 0.1) is 36.9 Å². The predicted octanol–water partition coefficient (Wildman–Crippen LogP) is 3.94. The van der Waals surface area contributed by atoms with E-state index in [1.165, 1.54) is 18.2 Å². The van der Waals surface area contributed by atoms with Gasteiger partial charge in [-0.25, -0.2) is 4.39 Å². The van der Waals surface area contributed by atoms with E-state index in [-0.39, 0.29) is 34.4 Å². The van der Waals surface area contributed by atoms with Gasteiger partial charge in [0, 0.05) is 11.6 Å². The van der Waals surface area contributed by atoms with E-state index in [1.54, 1.807) is 13.0 Å². The number of ether oxygens (including phenoxy) is 1. The molecule has 2 N–H and O–H groups in total. The minimum atomic E-state index is -1.43. The van der Waals surface area contributed by atoms with Gasteiger partial charge in [-0.1, -0.05) is 48.2 Å². The average molecular weight is 482 g/mol. The van der Waals surface area contributed by atoms with Crippen LogP contribution in [0.4, 0.5) is 10.1 Å². The smallest absolute Gasteiger partial charge is 0.319 e. The Hall–Kier alpha value is -3.64. The second-order valence-electron chi connectivity index (χ2n) is 7.68. The van der Waals surface area contributed by atoms with Gasteiger partial charge < -0.3 is 15.4 Å². The van der Waals surface area contributed by atoms with E-state index >= 15 is 0 Å². The van der Waals surface area contributed by atoms with Crippen molar-refractivity contribution in [2.75, 3.05) is 17.7 Å². The Morgan fingerprint density at radius 3 is 2.47 bits per heavy atom. The van der Waals surface area contributed by atoms with Gasteiger partial charge in [-0.15, -0.1) is 0 Å². The molecule has 176 valence electrons. The Morgan fingerprint density at radius 2 is 1.85 bits per heavy atom. The van der Waals surface area contributed by atoms with Gasteiger partial charge in [-0.05, 0) is 43.5 Å². The van der Waals surface area contributed by atoms with Crippen LogP contribution in [0.5, 0.6) is 0 Å². The van der Waals surface area contributed by atoms with Crippen molar-refractivity contribution in [3.63, 3.8) is 0 Å². The van der Waals surface area contributed by atoms with Gasteiger partial charge in [-0.3, -0.25) is 14.4 Å². The number of allylic oxidation sites excluding steroid dienone is 1. The molecule has 34 heavy (non-hydrogen) atoms. The van der Waals surface area contributed by atoms with E-state index in [1.807, 2.05) is 38.1 Å². The molecule has 0 saturated carbocycles. The number of halogens is 1. The Bertz CT molecular complexity index is 1180. The van der Waals surface area contributed by atoms with Gasteiger partial charge in [0.15, 0.2) is 0 Å². The first kappa shape index (κ1) is 25.0. The van der Waals surface area contributed by atoms with E-state index in [0.29, 0.717) is 5.69 Å². The van der Waals surface area contributed by atoms with Gasteiger partial charge in [0.2, 0.25) is 11.8 Å². The Labute approximate surface area is 201 Å². The van der Waals surface area contributed by atoms with E-state index in [0.717, 1.165) is 22.9 Å². The molecule has 3 rings (SSSR count). The fraction of sp³-hybridized carbons (Fsp3) is 0.280. The third-order valence-electron chi connectivity index (χ3n) is 5.40. The summed E-state index contributed by atoms with van der Waals surface area (Å²) in [4.78, 5) is 38.1. The number of amides is 2. The number of thioether (sulfide) groups is 1. The number of hydrogen-bond donors (Lipinski definition) is 2. The molecule has 2 aromatic carbocycles. The lowest BCUT2D eigenvalue weighted by atomic mass is 9.78. The van der Waals surface area contributed by atoms with Crippen LogP contribution in [0.3, 0.4) is 0 Å². The molecule has 2 aromatic rings. The number of anilines is 1. The van der Waals surface area contributed by atoms with Crippen molar-refractivity contribution in [2.24, 2.45) is 5.92 Å². The van der Waals surface area contributed by atoms with E-state index in [2.05, 4.69) is 10.6 Å². The summed E-state index contributed by atoms with van der Waals surface area (Å²) >= 11 is 0.943. The molecule has 1 aliphatic rings. The van der Waals surface area contributed by atoms with E-state index < -0.39 is 29.5 Å². The fourth-order valence-corrected chi connectivity index (χ4v) is 4.66. The number of aryl methyl sites for hydroxylation is 2. The number of nitrogens with zero attached hydrogens (tertiary/aromatic N) is 1. The summed E-state index contributed by atoms with van der Waals surface area (Å²) in [6.07, 6.45) is 0. The van der Waals surface area contributed by atoms with Crippen molar-refractivity contribution < 1.29 is 23.5 Å². The first-order chi connectivity index (χ1) is 16.3. The van der Waals surface area contributed by atoms with E-state index in [9.17, 15) is 24.0 Å². The molecule has 0 aromatic heterocycles. The molecular formula is C25H24FN3O4S. The van der Waals surface area contributed by atoms with Crippen molar-refractivity contribution in [2.45, 2.75) is 26.7 Å². The monoisotopic (exact) mass is 481 g/mol. The van der Waals surface area contributed by atoms with Crippen molar-refractivity contribution in [1.82, 2.24) is 5.32 Å². The number of carbonyl (C=O) groups is 3. The van der Waals surface area contributed by atoms with Gasteiger partial charge >= 0.3 is 5.97 Å². The highest BCUT2D eigenvalue weighted by molar-refractivity contribution is 8.03. The van der Waals surface area contributed by atoms with Crippen LogP contribution in [0.2, 0.25) is 0 Å². The summed E-state index contributed by atoms with van der Waals surface area (Å²) in [5, 5.41) is 15.4. The zero-order chi connectivity index (χ0) is 24.8. The fourth-order valence-electron chi connectivity index (χ4n) is 3.81. The molecule has 0 spiro atoms. The number of esters is 1. The van der Waals surface area contributed by atoms with Crippen LogP contribution in [0.15, 0.2) is 53.1 Å². The van der Waals surface area contributed by atoms with Crippen LogP contribution in [-0.2, 0) is 19.1 Å². The summed E-state index contributed by atoms with van der Waals surface area (Å²) in [6.45, 7) is 5.37. The van der Waals surface area contributed by atoms with Crippen LogP contribution in [0.1, 0.15) is 29.5 Å². The van der Waals surface area contributed by atoms with Crippen molar-refractivity contribution >= 4 is 35.2 Å². The number of hydrogen-bond acceptors (Lipinski definition) is 6. The molecule has 2 amide bonds. The zero-order valence-corrected chi connectivity index (χ0v) is 19.8. The lowest BCUT2D eigenvalue weighted by Gasteiger charge is -2.31. The topological polar surface area (TPSA) is 108 Å². The van der Waals surface area contributed by atoms with Crippen molar-refractivity contribution in [1.29, 1.82) is 5.26 Å². The summed E-state index contributed by atoms with van der Waals surface area (Å²) in [5.41, 5.74) is 2.52. The maximum absolute atomic E-state index is 14.7. The van der Waals surface area contributed by atoms with Crippen molar-refractivity contribution in [3.05, 3.63) is 75.6 Å². The third kappa shape index (κ3) is 5.29. The largest absolute Gasteiger partial charge is 0.465 e. The Kier molecular flexibility index (Phi) is 8.08. The zero-order valence-electron chi connectivity index (χ0n) is 19.0. The molecule has 0 radical (unpaired) electrons. The molecule has 1 aliphatic heterocycles. The minimum absolute atomic E-state index is 0.00683. The molecule has 7 nitrogen and oxygen atoms in total. The van der Waals surface area contributed by atoms with Crippen LogP contribution >= 0.6 is 11.8 Å². The number of para-hydroxylation sites is 1. The highest BCUT2D eigenvalue weighted by Crippen LogP contribution is 2.41. The Balaban J connectivity index is 1.93. The maximum atomic E-state index is 14.7. The highest BCUT2D eigenvalue weighted by atomic mass is 32.2. The first-order valence-electron chi connectivity index (χ1n) is 10.6. The number of carbonyl (C=O) groups excluding carboxylic acids is 3. The molecule has 2 atom stereocenters. The molecule has 0 aliphatic carbocycles. The molecular weight excluding hydrogens is 457 g/mol. The summed E-state index contributed by atoms with van der Waals surface area (Å²) in [6, 6.07) is 13.3. The van der Waals surface area contributed by atoms with Crippen LogP contribution in [0.25, 0.3) is 0 Å². The summed E-state index contributed by atoms with van der Waals surface area (Å²) < 4.78 is 19.7. The summed E-state index contributed by atoms with van der Waals surface area (Å²) in [5.74, 6) is -5.27. The third-order valence-corrected chi connectivity index (χ3v) is 6.42. The molecule has 0 fully saturated rings. The van der Waals surface area contributed by atoms with Gasteiger partial charge in [0.25, 0.3) is 0 Å². The van der Waals surface area contributed by atoms with E-state index in [4.69, 9.17) is 4.74 Å². The molecule has 0 saturated heterocycles. The molecule has 0 unspecified atom stereocenters. The predicted molar refractivity (Wildman–Crippen MR) is 127 cm³/mol. The van der Waals surface area contributed by atoms with Crippen molar-refractivity contribution in [3.8, 4) is 6.07 Å². The van der Waals surface area contributed by atoms with Crippen LogP contribution < -0.4 is 10.6 Å². The molecule has 1 heterocycles. The quantitative estimate of drug-likeness (QED) is 0.458.